The lowest BCUT2D eigenvalue weighted by molar-refractivity contribution is -0.171. The van der Waals surface area contributed by atoms with E-state index in [1.165, 1.54) is 55.3 Å². The first-order valence-electron chi connectivity index (χ1n) is 7.89. The highest BCUT2D eigenvalue weighted by molar-refractivity contribution is 7.89. The van der Waals surface area contributed by atoms with Crippen molar-refractivity contribution in [1.82, 2.24) is 13.9 Å². The average Bonchev–Trinajstić information content (AvgIpc) is 3.01. The maximum Gasteiger partial charge on any atom is 0.409 e. The molecule has 0 aliphatic carbocycles. The molecular weight excluding hydrogens is 397 g/mol. The van der Waals surface area contributed by atoms with Crippen LogP contribution in [-0.4, -0.2) is 49.3 Å². The van der Waals surface area contributed by atoms with Gasteiger partial charge in [-0.1, -0.05) is 12.1 Å². The number of imidazole rings is 1. The van der Waals surface area contributed by atoms with Crippen LogP contribution in [0.1, 0.15) is 17.4 Å². The van der Waals surface area contributed by atoms with Crippen molar-refractivity contribution < 1.29 is 26.3 Å². The molecule has 0 saturated carbocycles. The Bertz CT molecular complexity index is 967. The Morgan fingerprint density at radius 2 is 1.93 bits per heavy atom. The van der Waals surface area contributed by atoms with Gasteiger partial charge in [0.25, 0.3) is 10.0 Å². The Hall–Kier alpha value is -2.66. The number of sulfonamides is 1. The minimum atomic E-state index is -4.85. The number of rotatable bonds is 7. The van der Waals surface area contributed by atoms with Gasteiger partial charge in [0.2, 0.25) is 0 Å². The molecule has 0 N–H and O–H groups in total. The predicted molar refractivity (Wildman–Crippen MR) is 98.6 cm³/mol. The number of hydrogen-bond acceptors (Lipinski definition) is 5. The lowest BCUT2D eigenvalue weighted by atomic mass is 10.1. The second-order valence-corrected chi connectivity index (χ2v) is 7.70. The molecule has 0 aliphatic rings. The van der Waals surface area contributed by atoms with Gasteiger partial charge in [-0.3, -0.25) is 4.99 Å². The molecule has 28 heavy (non-hydrogen) atoms. The molecule has 2 aromatic rings. The van der Waals surface area contributed by atoms with Crippen LogP contribution in [0.5, 0.6) is 5.75 Å². The van der Waals surface area contributed by atoms with Gasteiger partial charge in [0.05, 0.1) is 7.11 Å². The van der Waals surface area contributed by atoms with E-state index in [0.717, 1.165) is 13.2 Å². The van der Waals surface area contributed by atoms with E-state index in [1.54, 1.807) is 0 Å². The molecule has 7 nitrogen and oxygen atoms in total. The van der Waals surface area contributed by atoms with Gasteiger partial charge in [0.1, 0.15) is 17.6 Å². The number of halogens is 3. The lowest BCUT2D eigenvalue weighted by Crippen LogP contribution is -2.39. The fourth-order valence-corrected chi connectivity index (χ4v) is 3.84. The lowest BCUT2D eigenvalue weighted by Gasteiger charge is -2.29. The molecule has 11 heteroatoms. The first-order chi connectivity index (χ1) is 13.0. The van der Waals surface area contributed by atoms with Gasteiger partial charge in [-0.2, -0.15) is 17.5 Å². The zero-order valence-electron chi connectivity index (χ0n) is 15.4. The number of aromatic nitrogens is 2. The van der Waals surface area contributed by atoms with Crippen molar-refractivity contribution in [2.45, 2.75) is 24.2 Å². The van der Waals surface area contributed by atoms with Gasteiger partial charge < -0.3 is 9.30 Å². The molecule has 1 heterocycles. The summed E-state index contributed by atoms with van der Waals surface area (Å²) in [6, 6.07) is 2.62. The number of nitrogens with zero attached hydrogens (tertiary/aromatic N) is 4. The molecule has 2 rings (SSSR count). The highest BCUT2D eigenvalue weighted by atomic mass is 32.2. The van der Waals surface area contributed by atoms with E-state index in [0.29, 0.717) is 5.75 Å². The summed E-state index contributed by atoms with van der Waals surface area (Å²) in [6.07, 6.45) is -1.05. The van der Waals surface area contributed by atoms with Crippen molar-refractivity contribution in [3.63, 3.8) is 0 Å². The van der Waals surface area contributed by atoms with Crippen molar-refractivity contribution in [2.24, 2.45) is 4.99 Å². The SMILES string of the molecule is C=N/C=C\n1cc(S(=O)(=O)N(C)[C@H](c2ccc(OC)cc2)C(F)(F)F)nc1C. The van der Waals surface area contributed by atoms with E-state index in [4.69, 9.17) is 4.74 Å². The van der Waals surface area contributed by atoms with Gasteiger partial charge in [0, 0.05) is 25.6 Å². The number of aliphatic imine (C=N–C) groups is 1. The zero-order chi connectivity index (χ0) is 21.1. The minimum absolute atomic E-state index is 0.244. The van der Waals surface area contributed by atoms with Crippen LogP contribution < -0.4 is 4.74 Å². The topological polar surface area (TPSA) is 76.8 Å². The van der Waals surface area contributed by atoms with E-state index >= 15 is 0 Å². The summed E-state index contributed by atoms with van der Waals surface area (Å²) in [4.78, 5) is 7.37. The van der Waals surface area contributed by atoms with Crippen molar-refractivity contribution in [3.8, 4) is 5.75 Å². The number of ether oxygens (including phenoxy) is 1. The molecule has 0 fully saturated rings. The molecule has 0 bridgehead atoms. The van der Waals surface area contributed by atoms with Crippen LogP contribution in [0, 0.1) is 6.92 Å². The Kier molecular flexibility index (Phi) is 6.30. The van der Waals surface area contributed by atoms with E-state index in [1.807, 2.05) is 0 Å². The van der Waals surface area contributed by atoms with Crippen molar-refractivity contribution in [2.75, 3.05) is 14.2 Å². The monoisotopic (exact) mass is 416 g/mol. The number of alkyl halides is 3. The number of benzene rings is 1. The van der Waals surface area contributed by atoms with E-state index in [2.05, 4.69) is 16.7 Å². The average molecular weight is 416 g/mol. The van der Waals surface area contributed by atoms with E-state index in [9.17, 15) is 21.6 Å². The van der Waals surface area contributed by atoms with Gasteiger partial charge >= 0.3 is 6.18 Å². The zero-order valence-corrected chi connectivity index (χ0v) is 16.2. The molecule has 1 atom stereocenters. The molecule has 0 spiro atoms. The van der Waals surface area contributed by atoms with Gasteiger partial charge in [-0.25, -0.2) is 13.4 Å². The third-order valence-electron chi connectivity index (χ3n) is 3.98. The van der Waals surface area contributed by atoms with Gasteiger partial charge in [-0.05, 0) is 31.3 Å². The van der Waals surface area contributed by atoms with Gasteiger partial charge in [-0.15, -0.1) is 0 Å². The Morgan fingerprint density at radius 1 is 1.32 bits per heavy atom. The van der Waals surface area contributed by atoms with Crippen LogP contribution in [0.4, 0.5) is 13.2 Å². The molecule has 152 valence electrons. The maximum absolute atomic E-state index is 13.7. The third kappa shape index (κ3) is 4.42. The van der Waals surface area contributed by atoms with Crippen LogP contribution in [0.3, 0.4) is 0 Å². The Labute approximate surface area is 160 Å². The van der Waals surface area contributed by atoms with Crippen LogP contribution in [-0.2, 0) is 10.0 Å². The van der Waals surface area contributed by atoms with Crippen LogP contribution in [0.15, 0.2) is 46.7 Å². The summed E-state index contributed by atoms with van der Waals surface area (Å²) in [5.41, 5.74) is -0.244. The van der Waals surface area contributed by atoms with Crippen molar-refractivity contribution in [3.05, 3.63) is 48.1 Å². The standard InChI is InChI=1S/C17H19F3N4O3S/c1-12-22-15(11-24(12)10-9-21-2)28(25,26)23(3)16(17(18,19)20)13-5-7-14(27-4)8-6-13/h5-11,16H,2H2,1,3-4H3/b10-9-/t16-/m1/s1. The molecule has 0 saturated heterocycles. The molecule has 0 amide bonds. The summed E-state index contributed by atoms with van der Waals surface area (Å²) < 4.78 is 73.4. The van der Waals surface area contributed by atoms with Crippen LogP contribution in [0.25, 0.3) is 6.20 Å². The highest BCUT2D eigenvalue weighted by Gasteiger charge is 2.48. The second-order valence-electron chi connectivity index (χ2n) is 5.75. The van der Waals surface area contributed by atoms with Crippen molar-refractivity contribution in [1.29, 1.82) is 0 Å². The first kappa shape index (κ1) is 21.6. The summed E-state index contributed by atoms with van der Waals surface area (Å²) in [5.74, 6) is 0.618. The first-order valence-corrected chi connectivity index (χ1v) is 9.33. The van der Waals surface area contributed by atoms with Crippen LogP contribution >= 0.6 is 0 Å². The largest absolute Gasteiger partial charge is 0.497 e. The van der Waals surface area contributed by atoms with Crippen LogP contribution in [0.2, 0.25) is 0 Å². The Balaban J connectivity index is 2.49. The summed E-state index contributed by atoms with van der Waals surface area (Å²) >= 11 is 0. The molecular formula is C17H19F3N4O3S. The molecule has 0 aliphatic heterocycles. The highest BCUT2D eigenvalue weighted by Crippen LogP contribution is 2.39. The smallest absolute Gasteiger partial charge is 0.409 e. The quantitative estimate of drug-likeness (QED) is 0.650. The van der Waals surface area contributed by atoms with Gasteiger partial charge in [0.15, 0.2) is 5.03 Å². The normalized spacial score (nSPS) is 13.8. The number of methoxy groups -OCH3 is 1. The Morgan fingerprint density at radius 3 is 2.43 bits per heavy atom. The van der Waals surface area contributed by atoms with E-state index < -0.39 is 27.3 Å². The number of aryl methyl sites for hydroxylation is 1. The second kappa shape index (κ2) is 8.15. The third-order valence-corrected chi connectivity index (χ3v) is 5.67. The molecule has 0 unspecified atom stereocenters. The maximum atomic E-state index is 13.7. The van der Waals surface area contributed by atoms with E-state index in [-0.39, 0.29) is 15.7 Å². The predicted octanol–water partition coefficient (Wildman–Crippen LogP) is 3.25. The molecule has 0 radical (unpaired) electrons. The summed E-state index contributed by atoms with van der Waals surface area (Å²) in [5, 5.41) is -0.510. The summed E-state index contributed by atoms with van der Waals surface area (Å²) in [7, 11) is -2.30. The van der Waals surface area contributed by atoms with Crippen molar-refractivity contribution >= 4 is 22.9 Å². The fourth-order valence-electron chi connectivity index (χ4n) is 2.53. The minimum Gasteiger partial charge on any atom is -0.497 e. The summed E-state index contributed by atoms with van der Waals surface area (Å²) in [6.45, 7) is 4.77. The molecule has 1 aromatic heterocycles. The molecule has 1 aromatic carbocycles. The number of hydrogen-bond donors (Lipinski definition) is 0. The fraction of sp³-hybridized carbons (Fsp3) is 0.294.